The lowest BCUT2D eigenvalue weighted by Gasteiger charge is -2.13. The van der Waals surface area contributed by atoms with Crippen LogP contribution in [0.25, 0.3) is 20.9 Å². The molecule has 0 N–H and O–H groups in total. The minimum Gasteiger partial charge on any atom is -0.489 e. The van der Waals surface area contributed by atoms with Crippen LogP contribution in [0.2, 0.25) is 0 Å². The van der Waals surface area contributed by atoms with Crippen molar-refractivity contribution in [1.82, 2.24) is 0 Å². The summed E-state index contributed by atoms with van der Waals surface area (Å²) in [6.07, 6.45) is 19.1. The van der Waals surface area contributed by atoms with E-state index in [1.54, 1.807) is 22.7 Å². The maximum Gasteiger partial charge on any atom is 0.179 e. The fraction of sp³-hybridized carbons (Fsp3) is 0.632. The molecule has 0 radical (unpaired) electrons. The summed E-state index contributed by atoms with van der Waals surface area (Å²) in [7, 11) is 0. The summed E-state index contributed by atoms with van der Waals surface area (Å²) in [5.41, 5.74) is 2.32. The van der Waals surface area contributed by atoms with Gasteiger partial charge in [-0.1, -0.05) is 129 Å². The highest BCUT2D eigenvalue weighted by molar-refractivity contribution is 7.14. The fourth-order valence-corrected chi connectivity index (χ4v) is 7.01. The summed E-state index contributed by atoms with van der Waals surface area (Å²) >= 11 is 3.43. The quantitative estimate of drug-likeness (QED) is 0.0817. The molecule has 2 aromatic heterocycles. The number of ether oxygens (including phenoxy) is 4. The SMILES string of the molecule is CCCCCCOc1csc(-c2ccc(-c3scc(OCCCCCC)c3OCCCCCC)cc2)c1OCCCCCC. The Hall–Kier alpha value is -2.18. The van der Waals surface area contributed by atoms with Crippen molar-refractivity contribution in [2.75, 3.05) is 26.4 Å². The number of benzene rings is 1. The molecule has 0 aliphatic heterocycles. The van der Waals surface area contributed by atoms with E-state index in [-0.39, 0.29) is 0 Å². The van der Waals surface area contributed by atoms with Crippen molar-refractivity contribution in [2.24, 2.45) is 0 Å². The Morgan fingerprint density at radius 3 is 1.05 bits per heavy atom. The van der Waals surface area contributed by atoms with Gasteiger partial charge in [-0.05, 0) is 36.8 Å². The summed E-state index contributed by atoms with van der Waals surface area (Å²) in [4.78, 5) is 2.29. The minimum atomic E-state index is 0.726. The molecule has 0 saturated carbocycles. The van der Waals surface area contributed by atoms with Crippen LogP contribution in [0.3, 0.4) is 0 Å². The first-order valence-electron chi connectivity index (χ1n) is 17.6. The van der Waals surface area contributed by atoms with Gasteiger partial charge in [0, 0.05) is 10.8 Å². The Labute approximate surface area is 276 Å². The van der Waals surface area contributed by atoms with Crippen molar-refractivity contribution in [3.05, 3.63) is 35.0 Å². The number of hydrogen-bond acceptors (Lipinski definition) is 6. The lowest BCUT2D eigenvalue weighted by molar-refractivity contribution is 0.261. The molecule has 0 spiro atoms. The minimum absolute atomic E-state index is 0.726. The largest absolute Gasteiger partial charge is 0.489 e. The molecule has 44 heavy (non-hydrogen) atoms. The Balaban J connectivity index is 1.76. The van der Waals surface area contributed by atoms with Crippen LogP contribution in [0.5, 0.6) is 23.0 Å². The molecular weight excluding hydrogens is 585 g/mol. The van der Waals surface area contributed by atoms with Gasteiger partial charge in [-0.3, -0.25) is 0 Å². The number of rotatable bonds is 26. The predicted molar refractivity (Wildman–Crippen MR) is 192 cm³/mol. The van der Waals surface area contributed by atoms with E-state index in [1.165, 1.54) is 77.0 Å². The van der Waals surface area contributed by atoms with Crippen molar-refractivity contribution in [2.45, 2.75) is 130 Å². The molecule has 246 valence electrons. The molecule has 0 fully saturated rings. The van der Waals surface area contributed by atoms with Crippen molar-refractivity contribution in [3.63, 3.8) is 0 Å². The molecule has 1 aromatic carbocycles. The molecule has 0 bridgehead atoms. The van der Waals surface area contributed by atoms with E-state index < -0.39 is 0 Å². The van der Waals surface area contributed by atoms with Gasteiger partial charge >= 0.3 is 0 Å². The molecule has 4 nitrogen and oxygen atoms in total. The highest BCUT2D eigenvalue weighted by atomic mass is 32.1. The van der Waals surface area contributed by atoms with Gasteiger partial charge < -0.3 is 18.9 Å². The Morgan fingerprint density at radius 2 is 0.727 bits per heavy atom. The summed E-state index contributed by atoms with van der Waals surface area (Å²) in [5.74, 6) is 3.58. The van der Waals surface area contributed by atoms with Crippen LogP contribution < -0.4 is 18.9 Å². The first-order chi connectivity index (χ1) is 21.7. The smallest absolute Gasteiger partial charge is 0.179 e. The topological polar surface area (TPSA) is 36.9 Å². The van der Waals surface area contributed by atoms with Crippen LogP contribution in [-0.4, -0.2) is 26.4 Å². The molecule has 3 rings (SSSR count). The number of hydrogen-bond donors (Lipinski definition) is 0. The summed E-state index contributed by atoms with van der Waals surface area (Å²) < 4.78 is 25.3. The zero-order chi connectivity index (χ0) is 31.2. The lowest BCUT2D eigenvalue weighted by atomic mass is 10.1. The summed E-state index contributed by atoms with van der Waals surface area (Å²) in [6, 6.07) is 8.86. The first-order valence-corrected chi connectivity index (χ1v) is 19.3. The van der Waals surface area contributed by atoms with Crippen LogP contribution >= 0.6 is 22.7 Å². The molecule has 0 aliphatic carbocycles. The molecule has 0 atom stereocenters. The van der Waals surface area contributed by atoms with E-state index in [1.807, 2.05) is 0 Å². The van der Waals surface area contributed by atoms with Crippen LogP contribution in [0, 0.1) is 0 Å². The van der Waals surface area contributed by atoms with Gasteiger partial charge in [-0.25, -0.2) is 0 Å². The number of thiophene rings is 2. The third kappa shape index (κ3) is 12.3. The molecule has 0 amide bonds. The first kappa shape index (κ1) is 36.3. The monoisotopic (exact) mass is 642 g/mol. The van der Waals surface area contributed by atoms with Gasteiger partial charge in [0.25, 0.3) is 0 Å². The highest BCUT2D eigenvalue weighted by Gasteiger charge is 2.19. The highest BCUT2D eigenvalue weighted by Crippen LogP contribution is 2.47. The summed E-state index contributed by atoms with van der Waals surface area (Å²) in [5, 5.41) is 4.25. The zero-order valence-electron chi connectivity index (χ0n) is 28.1. The van der Waals surface area contributed by atoms with Crippen molar-refractivity contribution in [1.29, 1.82) is 0 Å². The molecule has 0 unspecified atom stereocenters. The van der Waals surface area contributed by atoms with Crippen molar-refractivity contribution in [3.8, 4) is 43.9 Å². The molecule has 0 saturated heterocycles. The second kappa shape index (κ2) is 22.3. The predicted octanol–water partition coefficient (Wildman–Crippen LogP) is 13.0. The van der Waals surface area contributed by atoms with Crippen molar-refractivity contribution >= 4 is 22.7 Å². The molecule has 3 aromatic rings. The Morgan fingerprint density at radius 1 is 0.409 bits per heavy atom. The van der Waals surface area contributed by atoms with E-state index >= 15 is 0 Å². The van der Waals surface area contributed by atoms with E-state index in [0.717, 1.165) is 96.0 Å². The molecular formula is C38H58O4S2. The van der Waals surface area contributed by atoms with E-state index in [4.69, 9.17) is 18.9 Å². The second-order valence-electron chi connectivity index (χ2n) is 11.7. The van der Waals surface area contributed by atoms with Gasteiger partial charge in [0.2, 0.25) is 0 Å². The molecule has 0 aliphatic rings. The average molecular weight is 643 g/mol. The lowest BCUT2D eigenvalue weighted by Crippen LogP contribution is -2.02. The van der Waals surface area contributed by atoms with Gasteiger partial charge in [-0.15, -0.1) is 22.7 Å². The summed E-state index contributed by atoms with van der Waals surface area (Å²) in [6.45, 7) is 11.9. The van der Waals surface area contributed by atoms with Crippen LogP contribution in [0.15, 0.2) is 35.0 Å². The van der Waals surface area contributed by atoms with E-state index in [0.29, 0.717) is 0 Å². The van der Waals surface area contributed by atoms with Gasteiger partial charge in [0.1, 0.15) is 0 Å². The zero-order valence-corrected chi connectivity index (χ0v) is 29.7. The third-order valence-corrected chi connectivity index (χ3v) is 9.81. The number of unbranched alkanes of at least 4 members (excludes halogenated alkanes) is 12. The maximum atomic E-state index is 6.41. The van der Waals surface area contributed by atoms with Crippen LogP contribution in [-0.2, 0) is 0 Å². The Kier molecular flexibility index (Phi) is 18.4. The fourth-order valence-electron chi connectivity index (χ4n) is 5.13. The average Bonchev–Trinajstić information content (AvgIpc) is 3.64. The maximum absolute atomic E-state index is 6.41. The van der Waals surface area contributed by atoms with E-state index in [2.05, 4.69) is 62.7 Å². The Bertz CT molecular complexity index is 1050. The second-order valence-corrected chi connectivity index (χ2v) is 13.5. The van der Waals surface area contributed by atoms with Crippen LogP contribution in [0.1, 0.15) is 130 Å². The van der Waals surface area contributed by atoms with Gasteiger partial charge in [-0.2, -0.15) is 0 Å². The third-order valence-electron chi connectivity index (χ3n) is 7.84. The van der Waals surface area contributed by atoms with Gasteiger partial charge in [0.15, 0.2) is 23.0 Å². The molecule has 2 heterocycles. The standard InChI is InChI=1S/C38H58O4S2/c1-5-9-13-17-25-39-33-29-43-37(35(33)41-27-19-15-11-7-3)31-21-23-32(24-22-31)38-36(42-28-20-16-12-8-4)34(30-44-38)40-26-18-14-10-6-2/h21-24,29-30H,5-20,25-28H2,1-4H3. The van der Waals surface area contributed by atoms with Gasteiger partial charge in [0.05, 0.1) is 36.2 Å². The normalized spacial score (nSPS) is 11.2. The van der Waals surface area contributed by atoms with E-state index in [9.17, 15) is 0 Å². The van der Waals surface area contributed by atoms with Crippen molar-refractivity contribution < 1.29 is 18.9 Å². The molecule has 6 heteroatoms. The van der Waals surface area contributed by atoms with Crippen LogP contribution in [0.4, 0.5) is 0 Å².